The number of nitrogens with one attached hydrogen (secondary N) is 1. The summed E-state index contributed by atoms with van der Waals surface area (Å²) in [6, 6.07) is 5.62. The molecule has 6 nitrogen and oxygen atoms in total. The molecular formula is C21H30N2O4. The predicted octanol–water partition coefficient (Wildman–Crippen LogP) is 3.14. The zero-order valence-corrected chi connectivity index (χ0v) is 16.5. The van der Waals surface area contributed by atoms with Crippen molar-refractivity contribution in [1.29, 1.82) is 0 Å². The van der Waals surface area contributed by atoms with Crippen LogP contribution in [0.25, 0.3) is 0 Å². The van der Waals surface area contributed by atoms with Crippen LogP contribution >= 0.6 is 0 Å². The van der Waals surface area contributed by atoms with Gasteiger partial charge in [0.2, 0.25) is 11.8 Å². The van der Waals surface area contributed by atoms with Crippen molar-refractivity contribution >= 4 is 17.5 Å². The van der Waals surface area contributed by atoms with Crippen molar-refractivity contribution in [3.8, 4) is 11.5 Å². The van der Waals surface area contributed by atoms with Crippen molar-refractivity contribution in [1.82, 2.24) is 5.32 Å². The normalized spacial score (nSPS) is 20.1. The Bertz CT molecular complexity index is 689. The van der Waals surface area contributed by atoms with Crippen molar-refractivity contribution < 1.29 is 19.1 Å². The molecule has 1 aromatic carbocycles. The summed E-state index contributed by atoms with van der Waals surface area (Å²) < 4.78 is 11.1. The number of carbonyl (C=O) groups is 2. The largest absolute Gasteiger partial charge is 0.486 e. The topological polar surface area (TPSA) is 67.9 Å². The number of nitrogens with zero attached hydrogens (tertiary/aromatic N) is 1. The molecule has 2 aliphatic rings. The summed E-state index contributed by atoms with van der Waals surface area (Å²) in [4.78, 5) is 26.7. The first-order valence-corrected chi connectivity index (χ1v) is 9.94. The van der Waals surface area contributed by atoms with E-state index in [1.807, 2.05) is 25.1 Å². The number of anilines is 1. The summed E-state index contributed by atoms with van der Waals surface area (Å²) >= 11 is 0. The SMILES string of the molecule is CC(C)CCC[C@H](C)NC(=O)[C@H]1CC(=O)N(c2ccc3c(c2)OCCO3)C1. The maximum atomic E-state index is 12.6. The van der Waals surface area contributed by atoms with Gasteiger partial charge in [-0.15, -0.1) is 0 Å². The van der Waals surface area contributed by atoms with E-state index in [-0.39, 0.29) is 30.2 Å². The van der Waals surface area contributed by atoms with E-state index in [0.29, 0.717) is 37.2 Å². The molecule has 1 aromatic rings. The van der Waals surface area contributed by atoms with Gasteiger partial charge < -0.3 is 19.7 Å². The van der Waals surface area contributed by atoms with Gasteiger partial charge >= 0.3 is 0 Å². The van der Waals surface area contributed by atoms with Gasteiger partial charge in [-0.2, -0.15) is 0 Å². The molecule has 27 heavy (non-hydrogen) atoms. The van der Waals surface area contributed by atoms with Gasteiger partial charge in [0.15, 0.2) is 11.5 Å². The fourth-order valence-corrected chi connectivity index (χ4v) is 3.60. The zero-order valence-electron chi connectivity index (χ0n) is 16.5. The third-order valence-electron chi connectivity index (χ3n) is 5.14. The van der Waals surface area contributed by atoms with Crippen LogP contribution in [0, 0.1) is 11.8 Å². The third-order valence-corrected chi connectivity index (χ3v) is 5.14. The van der Waals surface area contributed by atoms with Crippen molar-refractivity contribution in [3.05, 3.63) is 18.2 Å². The molecule has 0 spiro atoms. The number of fused-ring (bicyclic) bond motifs is 1. The van der Waals surface area contributed by atoms with E-state index in [1.54, 1.807) is 4.90 Å². The summed E-state index contributed by atoms with van der Waals surface area (Å²) in [6.45, 7) is 7.90. The Morgan fingerprint density at radius 1 is 1.19 bits per heavy atom. The molecule has 1 saturated heterocycles. The van der Waals surface area contributed by atoms with Crippen LogP contribution < -0.4 is 19.7 Å². The van der Waals surface area contributed by atoms with Crippen LogP contribution in [0.1, 0.15) is 46.5 Å². The van der Waals surface area contributed by atoms with E-state index in [2.05, 4.69) is 19.2 Å². The second-order valence-corrected chi connectivity index (χ2v) is 7.97. The second-order valence-electron chi connectivity index (χ2n) is 7.97. The van der Waals surface area contributed by atoms with Gasteiger partial charge in [0.05, 0.1) is 5.92 Å². The predicted molar refractivity (Wildman–Crippen MR) is 104 cm³/mol. The lowest BCUT2D eigenvalue weighted by atomic mass is 10.0. The fourth-order valence-electron chi connectivity index (χ4n) is 3.60. The fraction of sp³-hybridized carbons (Fsp3) is 0.619. The molecule has 3 rings (SSSR count). The number of carbonyl (C=O) groups excluding carboxylic acids is 2. The van der Waals surface area contributed by atoms with Gasteiger partial charge in [-0.3, -0.25) is 9.59 Å². The highest BCUT2D eigenvalue weighted by atomic mass is 16.6. The monoisotopic (exact) mass is 374 g/mol. The van der Waals surface area contributed by atoms with Crippen molar-refractivity contribution in [3.63, 3.8) is 0 Å². The molecule has 2 atom stereocenters. The zero-order chi connectivity index (χ0) is 19.4. The molecule has 2 aliphatic heterocycles. The average Bonchev–Trinajstić information content (AvgIpc) is 3.03. The maximum absolute atomic E-state index is 12.6. The number of benzene rings is 1. The van der Waals surface area contributed by atoms with E-state index >= 15 is 0 Å². The lowest BCUT2D eigenvalue weighted by Gasteiger charge is -2.22. The minimum absolute atomic E-state index is 0.0274. The highest BCUT2D eigenvalue weighted by molar-refractivity contribution is 6.00. The van der Waals surface area contributed by atoms with Crippen LogP contribution in [-0.2, 0) is 9.59 Å². The van der Waals surface area contributed by atoms with E-state index in [9.17, 15) is 9.59 Å². The molecule has 0 bridgehead atoms. The van der Waals surface area contributed by atoms with Crippen molar-refractivity contribution in [2.45, 2.75) is 52.5 Å². The number of rotatable bonds is 7. The molecule has 1 fully saturated rings. The minimum Gasteiger partial charge on any atom is -0.486 e. The van der Waals surface area contributed by atoms with Gasteiger partial charge in [0.1, 0.15) is 13.2 Å². The Hall–Kier alpha value is -2.24. The summed E-state index contributed by atoms with van der Waals surface area (Å²) in [5.74, 6) is 1.66. The van der Waals surface area contributed by atoms with Crippen LogP contribution in [-0.4, -0.2) is 37.6 Å². The van der Waals surface area contributed by atoms with Gasteiger partial charge in [0, 0.05) is 30.8 Å². The number of hydrogen-bond donors (Lipinski definition) is 1. The van der Waals surface area contributed by atoms with E-state index in [1.165, 1.54) is 6.42 Å². The number of hydrogen-bond acceptors (Lipinski definition) is 4. The van der Waals surface area contributed by atoms with Gasteiger partial charge in [-0.25, -0.2) is 0 Å². The summed E-state index contributed by atoms with van der Waals surface area (Å²) in [6.07, 6.45) is 3.49. The third kappa shape index (κ3) is 4.93. The standard InChI is InChI=1S/C21H30N2O4/c1-14(2)5-4-6-15(3)22-21(25)16-11-20(24)23(13-16)17-7-8-18-19(12-17)27-10-9-26-18/h7-8,12,14-16H,4-6,9-11,13H2,1-3H3,(H,22,25)/t15-,16-/m0/s1. The average molecular weight is 374 g/mol. The van der Waals surface area contributed by atoms with Crippen LogP contribution in [0.3, 0.4) is 0 Å². The first-order chi connectivity index (χ1) is 12.9. The summed E-state index contributed by atoms with van der Waals surface area (Å²) in [5.41, 5.74) is 0.754. The molecule has 2 heterocycles. The Kier molecular flexibility index (Phi) is 6.24. The first-order valence-electron chi connectivity index (χ1n) is 9.94. The van der Waals surface area contributed by atoms with Gasteiger partial charge in [-0.1, -0.05) is 26.7 Å². The molecule has 6 heteroatoms. The Balaban J connectivity index is 1.56. The van der Waals surface area contributed by atoms with Crippen molar-refractivity contribution in [2.75, 3.05) is 24.7 Å². The molecule has 0 saturated carbocycles. The summed E-state index contributed by atoms with van der Waals surface area (Å²) in [7, 11) is 0. The quantitative estimate of drug-likeness (QED) is 0.796. The second kappa shape index (κ2) is 8.63. The Labute approximate surface area is 161 Å². The van der Waals surface area contributed by atoms with Gasteiger partial charge in [-0.05, 0) is 31.4 Å². The minimum atomic E-state index is -0.307. The lowest BCUT2D eigenvalue weighted by Crippen LogP contribution is -2.38. The van der Waals surface area contributed by atoms with Crippen LogP contribution in [0.4, 0.5) is 5.69 Å². The molecule has 1 N–H and O–H groups in total. The van der Waals surface area contributed by atoms with E-state index < -0.39 is 0 Å². The van der Waals surface area contributed by atoms with Gasteiger partial charge in [0.25, 0.3) is 0 Å². The highest BCUT2D eigenvalue weighted by Gasteiger charge is 2.35. The van der Waals surface area contributed by atoms with Crippen LogP contribution in [0.2, 0.25) is 0 Å². The molecule has 0 aromatic heterocycles. The lowest BCUT2D eigenvalue weighted by molar-refractivity contribution is -0.126. The van der Waals surface area contributed by atoms with Crippen molar-refractivity contribution in [2.24, 2.45) is 11.8 Å². The van der Waals surface area contributed by atoms with E-state index in [4.69, 9.17) is 9.47 Å². The highest BCUT2D eigenvalue weighted by Crippen LogP contribution is 2.36. The number of amides is 2. The molecule has 148 valence electrons. The summed E-state index contributed by atoms with van der Waals surface area (Å²) in [5, 5.41) is 3.08. The molecule has 0 unspecified atom stereocenters. The molecule has 0 radical (unpaired) electrons. The molecule has 2 amide bonds. The molecule has 0 aliphatic carbocycles. The smallest absolute Gasteiger partial charge is 0.227 e. The van der Waals surface area contributed by atoms with Crippen LogP contribution in [0.5, 0.6) is 11.5 Å². The maximum Gasteiger partial charge on any atom is 0.227 e. The number of ether oxygens (including phenoxy) is 2. The Morgan fingerprint density at radius 3 is 2.67 bits per heavy atom. The van der Waals surface area contributed by atoms with E-state index in [0.717, 1.165) is 18.5 Å². The first kappa shape index (κ1) is 19.5. The molecular weight excluding hydrogens is 344 g/mol. The van der Waals surface area contributed by atoms with Crippen LogP contribution in [0.15, 0.2) is 18.2 Å². The Morgan fingerprint density at radius 2 is 1.93 bits per heavy atom.